The standard InChI is InChI=1S/C16H14ClF3N2S/c1-10-2-4-11(5-3-10)9-21-15(23)22-14-8-12(16(18,19)20)6-7-13(14)17/h2-8H,9H2,1H3,(H2,21,22,23). The van der Waals surface area contributed by atoms with Crippen molar-refractivity contribution in [2.45, 2.75) is 19.6 Å². The molecule has 0 aliphatic heterocycles. The average molecular weight is 359 g/mol. The van der Waals surface area contributed by atoms with Crippen LogP contribution in [-0.4, -0.2) is 5.11 Å². The maximum absolute atomic E-state index is 12.7. The molecule has 0 amide bonds. The van der Waals surface area contributed by atoms with E-state index in [1.807, 2.05) is 31.2 Å². The molecular formula is C16H14ClF3N2S. The van der Waals surface area contributed by atoms with Crippen LogP contribution in [0.1, 0.15) is 16.7 Å². The number of hydrogen-bond donors (Lipinski definition) is 2. The lowest BCUT2D eigenvalue weighted by atomic mass is 10.1. The molecular weight excluding hydrogens is 345 g/mol. The topological polar surface area (TPSA) is 24.1 Å². The summed E-state index contributed by atoms with van der Waals surface area (Å²) in [6.45, 7) is 2.45. The van der Waals surface area contributed by atoms with Crippen molar-refractivity contribution in [3.8, 4) is 0 Å². The minimum Gasteiger partial charge on any atom is -0.358 e. The van der Waals surface area contributed by atoms with Crippen molar-refractivity contribution >= 4 is 34.6 Å². The minimum atomic E-state index is -4.43. The second-order valence-corrected chi connectivity index (χ2v) is 5.80. The fourth-order valence-electron chi connectivity index (χ4n) is 1.85. The SMILES string of the molecule is Cc1ccc(CNC(=S)Nc2cc(C(F)(F)F)ccc2Cl)cc1. The second kappa shape index (κ2) is 7.19. The number of benzene rings is 2. The Hall–Kier alpha value is -1.79. The van der Waals surface area contributed by atoms with Crippen LogP contribution in [0.4, 0.5) is 18.9 Å². The Balaban J connectivity index is 2.01. The van der Waals surface area contributed by atoms with E-state index < -0.39 is 11.7 Å². The van der Waals surface area contributed by atoms with Gasteiger partial charge in [-0.25, -0.2) is 0 Å². The van der Waals surface area contributed by atoms with Crippen molar-refractivity contribution in [1.82, 2.24) is 5.32 Å². The summed E-state index contributed by atoms with van der Waals surface area (Å²) in [4.78, 5) is 0. The van der Waals surface area contributed by atoms with Gasteiger partial charge >= 0.3 is 6.18 Å². The Morgan fingerprint density at radius 3 is 2.39 bits per heavy atom. The predicted octanol–water partition coefficient (Wildman–Crippen LogP) is 5.15. The summed E-state index contributed by atoms with van der Waals surface area (Å²) >= 11 is 11.0. The van der Waals surface area contributed by atoms with Crippen LogP contribution in [0.2, 0.25) is 5.02 Å². The fourth-order valence-corrected chi connectivity index (χ4v) is 2.20. The van der Waals surface area contributed by atoms with Gasteiger partial charge in [0.15, 0.2) is 5.11 Å². The van der Waals surface area contributed by atoms with Crippen LogP contribution in [0, 0.1) is 6.92 Å². The van der Waals surface area contributed by atoms with Gasteiger partial charge in [-0.3, -0.25) is 0 Å². The third-order valence-electron chi connectivity index (χ3n) is 3.12. The zero-order chi connectivity index (χ0) is 17.0. The molecule has 2 N–H and O–H groups in total. The van der Waals surface area contributed by atoms with Gasteiger partial charge in [-0.05, 0) is 42.9 Å². The highest BCUT2D eigenvalue weighted by molar-refractivity contribution is 7.80. The Morgan fingerprint density at radius 1 is 1.13 bits per heavy atom. The Kier molecular flexibility index (Phi) is 5.49. The molecule has 0 aliphatic rings. The molecule has 0 saturated heterocycles. The van der Waals surface area contributed by atoms with Crippen molar-refractivity contribution < 1.29 is 13.2 Å². The summed E-state index contributed by atoms with van der Waals surface area (Å²) < 4.78 is 38.2. The van der Waals surface area contributed by atoms with E-state index in [4.69, 9.17) is 23.8 Å². The highest BCUT2D eigenvalue weighted by Crippen LogP contribution is 2.33. The molecule has 2 rings (SSSR count). The van der Waals surface area contributed by atoms with Gasteiger partial charge in [0.25, 0.3) is 0 Å². The number of thiocarbonyl (C=S) groups is 1. The number of rotatable bonds is 3. The van der Waals surface area contributed by atoms with E-state index in [0.29, 0.717) is 6.54 Å². The van der Waals surface area contributed by atoms with Crippen LogP contribution in [0.15, 0.2) is 42.5 Å². The van der Waals surface area contributed by atoms with E-state index in [9.17, 15) is 13.2 Å². The van der Waals surface area contributed by atoms with Gasteiger partial charge in [-0.2, -0.15) is 13.2 Å². The zero-order valence-corrected chi connectivity index (χ0v) is 13.7. The largest absolute Gasteiger partial charge is 0.416 e. The average Bonchev–Trinajstić information content (AvgIpc) is 2.48. The summed E-state index contributed by atoms with van der Waals surface area (Å²) in [6, 6.07) is 10.9. The fraction of sp³-hybridized carbons (Fsp3) is 0.188. The summed E-state index contributed by atoms with van der Waals surface area (Å²) in [6.07, 6.45) is -4.43. The molecule has 0 aliphatic carbocycles. The lowest BCUT2D eigenvalue weighted by Gasteiger charge is -2.14. The maximum atomic E-state index is 12.7. The highest BCUT2D eigenvalue weighted by Gasteiger charge is 2.31. The Bertz CT molecular complexity index is 699. The van der Waals surface area contributed by atoms with Gasteiger partial charge in [0.05, 0.1) is 16.3 Å². The third-order valence-corrected chi connectivity index (χ3v) is 3.69. The van der Waals surface area contributed by atoms with Crippen LogP contribution in [-0.2, 0) is 12.7 Å². The quantitative estimate of drug-likeness (QED) is 0.742. The maximum Gasteiger partial charge on any atom is 0.416 e. The van der Waals surface area contributed by atoms with Gasteiger partial charge in [0.1, 0.15) is 0 Å². The van der Waals surface area contributed by atoms with Crippen LogP contribution in [0.3, 0.4) is 0 Å². The molecule has 0 fully saturated rings. The van der Waals surface area contributed by atoms with Gasteiger partial charge in [0, 0.05) is 6.54 Å². The van der Waals surface area contributed by atoms with Crippen molar-refractivity contribution in [3.05, 3.63) is 64.2 Å². The number of aryl methyl sites for hydroxylation is 1. The first-order valence-corrected chi connectivity index (χ1v) is 7.51. The van der Waals surface area contributed by atoms with Crippen LogP contribution < -0.4 is 10.6 Å². The molecule has 0 radical (unpaired) electrons. The zero-order valence-electron chi connectivity index (χ0n) is 12.2. The number of anilines is 1. The van der Waals surface area contributed by atoms with E-state index in [-0.39, 0.29) is 15.8 Å². The van der Waals surface area contributed by atoms with Crippen LogP contribution >= 0.6 is 23.8 Å². The number of halogens is 4. The summed E-state index contributed by atoms with van der Waals surface area (Å²) in [5, 5.41) is 5.99. The van der Waals surface area contributed by atoms with E-state index in [0.717, 1.165) is 23.3 Å². The lowest BCUT2D eigenvalue weighted by Crippen LogP contribution is -2.28. The van der Waals surface area contributed by atoms with Crippen LogP contribution in [0.25, 0.3) is 0 Å². The molecule has 23 heavy (non-hydrogen) atoms. The highest BCUT2D eigenvalue weighted by atomic mass is 35.5. The summed E-state index contributed by atoms with van der Waals surface area (Å²) in [5.41, 5.74) is 1.48. The first-order chi connectivity index (χ1) is 10.8. The van der Waals surface area contributed by atoms with E-state index in [1.165, 1.54) is 6.07 Å². The van der Waals surface area contributed by atoms with Gasteiger partial charge in [0.2, 0.25) is 0 Å². The van der Waals surface area contributed by atoms with Crippen molar-refractivity contribution in [3.63, 3.8) is 0 Å². The molecule has 0 aromatic heterocycles. The lowest BCUT2D eigenvalue weighted by molar-refractivity contribution is -0.137. The Labute approximate surface area is 142 Å². The van der Waals surface area contributed by atoms with E-state index in [1.54, 1.807) is 0 Å². The normalized spacial score (nSPS) is 11.2. The number of alkyl halides is 3. The third kappa shape index (κ3) is 5.11. The van der Waals surface area contributed by atoms with Gasteiger partial charge < -0.3 is 10.6 Å². The molecule has 122 valence electrons. The summed E-state index contributed by atoms with van der Waals surface area (Å²) in [7, 11) is 0. The molecule has 0 atom stereocenters. The van der Waals surface area contributed by atoms with Gasteiger partial charge in [-0.1, -0.05) is 41.4 Å². The molecule has 2 nitrogen and oxygen atoms in total. The molecule has 7 heteroatoms. The molecule has 0 spiro atoms. The molecule has 2 aromatic carbocycles. The molecule has 0 heterocycles. The van der Waals surface area contributed by atoms with E-state index >= 15 is 0 Å². The Morgan fingerprint density at radius 2 is 1.78 bits per heavy atom. The number of nitrogens with one attached hydrogen (secondary N) is 2. The summed E-state index contributed by atoms with van der Waals surface area (Å²) in [5.74, 6) is 0. The predicted molar refractivity (Wildman–Crippen MR) is 90.7 cm³/mol. The monoisotopic (exact) mass is 358 g/mol. The second-order valence-electron chi connectivity index (χ2n) is 4.99. The molecule has 0 unspecified atom stereocenters. The smallest absolute Gasteiger partial charge is 0.358 e. The van der Waals surface area contributed by atoms with Crippen molar-refractivity contribution in [2.75, 3.05) is 5.32 Å². The minimum absolute atomic E-state index is 0.114. The first kappa shape index (κ1) is 17.6. The molecule has 0 bridgehead atoms. The molecule has 0 saturated carbocycles. The van der Waals surface area contributed by atoms with E-state index in [2.05, 4.69) is 10.6 Å². The van der Waals surface area contributed by atoms with Gasteiger partial charge in [-0.15, -0.1) is 0 Å². The van der Waals surface area contributed by atoms with Crippen molar-refractivity contribution in [1.29, 1.82) is 0 Å². The van der Waals surface area contributed by atoms with Crippen LogP contribution in [0.5, 0.6) is 0 Å². The van der Waals surface area contributed by atoms with Crippen molar-refractivity contribution in [2.24, 2.45) is 0 Å². The number of hydrogen-bond acceptors (Lipinski definition) is 1. The molecule has 2 aromatic rings. The first-order valence-electron chi connectivity index (χ1n) is 6.73.